The second-order valence-corrected chi connectivity index (χ2v) is 7.19. The van der Waals surface area contributed by atoms with E-state index in [9.17, 15) is 19.5 Å². The lowest BCUT2D eigenvalue weighted by Gasteiger charge is -2.24. The fourth-order valence-electron chi connectivity index (χ4n) is 4.10. The first kappa shape index (κ1) is 21.1. The van der Waals surface area contributed by atoms with Gasteiger partial charge in [-0.25, -0.2) is 4.79 Å². The summed E-state index contributed by atoms with van der Waals surface area (Å²) in [6.45, 7) is 0. The van der Waals surface area contributed by atoms with Crippen LogP contribution in [0.5, 0.6) is 17.2 Å². The number of aromatic hydroxyl groups is 1. The topological polar surface area (TPSA) is 99.1 Å². The largest absolute Gasteiger partial charge is 0.507 e. The Balaban J connectivity index is 2.04. The van der Waals surface area contributed by atoms with Gasteiger partial charge in [0.15, 0.2) is 11.6 Å². The lowest BCUT2D eigenvalue weighted by molar-refractivity contribution is 0.0596. The predicted octanol–water partition coefficient (Wildman–Crippen LogP) is 3.56. The Morgan fingerprint density at radius 1 is 0.844 bits per heavy atom. The van der Waals surface area contributed by atoms with Crippen molar-refractivity contribution in [2.75, 3.05) is 21.3 Å². The van der Waals surface area contributed by atoms with Crippen molar-refractivity contribution in [3.63, 3.8) is 0 Å². The first-order valence-corrected chi connectivity index (χ1v) is 9.78. The maximum Gasteiger partial charge on any atom is 0.341 e. The highest BCUT2D eigenvalue weighted by molar-refractivity contribution is 6.30. The van der Waals surface area contributed by atoms with Crippen molar-refractivity contribution in [1.29, 1.82) is 0 Å². The van der Waals surface area contributed by atoms with Crippen molar-refractivity contribution >= 4 is 17.5 Å². The van der Waals surface area contributed by atoms with Crippen LogP contribution < -0.4 is 9.47 Å². The number of carbonyl (C=O) groups is 3. The van der Waals surface area contributed by atoms with Gasteiger partial charge in [0.2, 0.25) is 0 Å². The van der Waals surface area contributed by atoms with Gasteiger partial charge in [0, 0.05) is 23.1 Å². The van der Waals surface area contributed by atoms with Crippen molar-refractivity contribution in [3.8, 4) is 17.2 Å². The van der Waals surface area contributed by atoms with Crippen LogP contribution >= 0.6 is 0 Å². The molecule has 3 aromatic rings. The molecule has 4 rings (SSSR count). The molecule has 0 saturated carbocycles. The van der Waals surface area contributed by atoms with Crippen LogP contribution in [0.15, 0.2) is 48.5 Å². The van der Waals surface area contributed by atoms with Crippen LogP contribution in [0, 0.1) is 0 Å². The van der Waals surface area contributed by atoms with Crippen molar-refractivity contribution in [3.05, 3.63) is 87.5 Å². The summed E-state index contributed by atoms with van der Waals surface area (Å²) in [6.07, 6.45) is 0.0503. The number of rotatable bonds is 5. The van der Waals surface area contributed by atoms with E-state index >= 15 is 0 Å². The summed E-state index contributed by atoms with van der Waals surface area (Å²) in [5.41, 5.74) is 1.04. The third kappa shape index (κ3) is 3.19. The number of benzene rings is 3. The van der Waals surface area contributed by atoms with Crippen LogP contribution in [0.25, 0.3) is 0 Å². The van der Waals surface area contributed by atoms with Gasteiger partial charge >= 0.3 is 5.97 Å². The van der Waals surface area contributed by atoms with Gasteiger partial charge in [0.05, 0.1) is 26.9 Å². The van der Waals surface area contributed by atoms with E-state index in [1.807, 2.05) is 0 Å². The molecule has 3 aromatic carbocycles. The second-order valence-electron chi connectivity index (χ2n) is 7.19. The Morgan fingerprint density at radius 3 is 2.22 bits per heavy atom. The molecule has 0 atom stereocenters. The molecule has 0 aliphatic heterocycles. The van der Waals surface area contributed by atoms with Crippen LogP contribution in [0.4, 0.5) is 0 Å². The lowest BCUT2D eigenvalue weighted by atomic mass is 9.78. The molecule has 0 saturated heterocycles. The van der Waals surface area contributed by atoms with E-state index in [4.69, 9.17) is 14.2 Å². The fourth-order valence-corrected chi connectivity index (χ4v) is 4.10. The van der Waals surface area contributed by atoms with Gasteiger partial charge in [0.1, 0.15) is 22.8 Å². The zero-order valence-corrected chi connectivity index (χ0v) is 17.7. The third-order valence-corrected chi connectivity index (χ3v) is 5.55. The Kier molecular flexibility index (Phi) is 5.40. The summed E-state index contributed by atoms with van der Waals surface area (Å²) in [7, 11) is 4.10. The zero-order chi connectivity index (χ0) is 23.0. The quantitative estimate of drug-likeness (QED) is 0.482. The monoisotopic (exact) mass is 432 g/mol. The van der Waals surface area contributed by atoms with Gasteiger partial charge < -0.3 is 19.3 Å². The average Bonchev–Trinajstić information content (AvgIpc) is 2.81. The van der Waals surface area contributed by atoms with Crippen LogP contribution in [-0.2, 0) is 11.2 Å². The van der Waals surface area contributed by atoms with Crippen molar-refractivity contribution < 1.29 is 33.7 Å². The molecule has 1 aliphatic rings. The molecule has 1 N–H and O–H groups in total. The van der Waals surface area contributed by atoms with Crippen molar-refractivity contribution in [2.24, 2.45) is 0 Å². The Morgan fingerprint density at radius 2 is 1.53 bits per heavy atom. The summed E-state index contributed by atoms with van der Waals surface area (Å²) in [5, 5.41) is 10.7. The average molecular weight is 432 g/mol. The number of ketones is 2. The minimum Gasteiger partial charge on any atom is -0.507 e. The third-order valence-electron chi connectivity index (χ3n) is 5.55. The van der Waals surface area contributed by atoms with Crippen LogP contribution in [-0.4, -0.2) is 44.0 Å². The molecular formula is C25H20O7. The van der Waals surface area contributed by atoms with E-state index in [1.54, 1.807) is 36.4 Å². The molecule has 0 fully saturated rings. The number of carbonyl (C=O) groups excluding carboxylic acids is 3. The summed E-state index contributed by atoms with van der Waals surface area (Å²) < 4.78 is 15.6. The molecule has 162 valence electrons. The number of phenolic OH excluding ortho intramolecular Hbond substituents is 1. The molecule has 0 aromatic heterocycles. The molecule has 7 nitrogen and oxygen atoms in total. The number of methoxy groups -OCH3 is 3. The van der Waals surface area contributed by atoms with E-state index in [0.717, 1.165) is 6.07 Å². The SMILES string of the molecule is COC(=O)c1c(O)cc2c(c1Cc1ccccc1OC)C(=O)c1c(OC)cccc1C2=O. The highest BCUT2D eigenvalue weighted by atomic mass is 16.5. The maximum atomic E-state index is 13.7. The molecule has 0 radical (unpaired) electrons. The normalized spacial score (nSPS) is 12.1. The Bertz CT molecular complexity index is 1270. The minimum absolute atomic E-state index is 0.0193. The lowest BCUT2D eigenvalue weighted by Crippen LogP contribution is -2.25. The maximum absolute atomic E-state index is 13.7. The number of hydrogen-bond donors (Lipinski definition) is 1. The van der Waals surface area contributed by atoms with Gasteiger partial charge in [-0.05, 0) is 29.3 Å². The minimum atomic E-state index is -0.818. The number of fused-ring (bicyclic) bond motifs is 2. The van der Waals surface area contributed by atoms with Gasteiger partial charge in [-0.3, -0.25) is 9.59 Å². The molecule has 0 bridgehead atoms. The Hall–Kier alpha value is -4.13. The summed E-state index contributed by atoms with van der Waals surface area (Å²) >= 11 is 0. The van der Waals surface area contributed by atoms with Crippen LogP contribution in [0.2, 0.25) is 0 Å². The van der Waals surface area contributed by atoms with Gasteiger partial charge in [-0.1, -0.05) is 30.3 Å². The number of phenols is 1. The summed E-state index contributed by atoms with van der Waals surface area (Å²) in [5.74, 6) is -1.38. The number of ether oxygens (including phenoxy) is 3. The van der Waals surface area contributed by atoms with E-state index in [2.05, 4.69) is 0 Å². The smallest absolute Gasteiger partial charge is 0.341 e. The second kappa shape index (κ2) is 8.19. The van der Waals surface area contributed by atoms with Crippen molar-refractivity contribution in [2.45, 2.75) is 6.42 Å². The van der Waals surface area contributed by atoms with Crippen LogP contribution in [0.3, 0.4) is 0 Å². The molecule has 7 heteroatoms. The van der Waals surface area contributed by atoms with Gasteiger partial charge in [-0.15, -0.1) is 0 Å². The molecule has 0 spiro atoms. The summed E-state index contributed by atoms with van der Waals surface area (Å²) in [6, 6.07) is 13.0. The molecule has 0 amide bonds. The number of esters is 1. The van der Waals surface area contributed by atoms with Gasteiger partial charge in [0.25, 0.3) is 0 Å². The highest BCUT2D eigenvalue weighted by Crippen LogP contribution is 2.40. The van der Waals surface area contributed by atoms with Crippen molar-refractivity contribution in [1.82, 2.24) is 0 Å². The standard InChI is InChI=1S/C25H20O7/c1-30-18-9-5-4-7-13(18)11-15-20-16(12-17(26)21(15)25(29)32-3)23(27)14-8-6-10-19(31-2)22(14)24(20)28/h4-10,12,26H,11H2,1-3H3. The zero-order valence-electron chi connectivity index (χ0n) is 17.7. The predicted molar refractivity (Wildman–Crippen MR) is 115 cm³/mol. The molecule has 0 heterocycles. The van der Waals surface area contributed by atoms with E-state index in [-0.39, 0.29) is 45.6 Å². The number of para-hydroxylation sites is 1. The molecule has 32 heavy (non-hydrogen) atoms. The van der Waals surface area contributed by atoms with E-state index in [0.29, 0.717) is 11.3 Å². The highest BCUT2D eigenvalue weighted by Gasteiger charge is 2.37. The summed E-state index contributed by atoms with van der Waals surface area (Å²) in [4.78, 5) is 39.6. The molecular weight excluding hydrogens is 412 g/mol. The fraction of sp³-hybridized carbons (Fsp3) is 0.160. The Labute approximate surface area is 184 Å². The van der Waals surface area contributed by atoms with E-state index in [1.165, 1.54) is 27.4 Å². The van der Waals surface area contributed by atoms with Crippen LogP contribution in [0.1, 0.15) is 53.3 Å². The molecule has 1 aliphatic carbocycles. The van der Waals surface area contributed by atoms with E-state index < -0.39 is 23.3 Å². The molecule has 0 unspecified atom stereocenters. The number of hydrogen-bond acceptors (Lipinski definition) is 7. The first-order valence-electron chi connectivity index (χ1n) is 9.78. The first-order chi connectivity index (χ1) is 15.4. The van der Waals surface area contributed by atoms with Gasteiger partial charge in [-0.2, -0.15) is 0 Å².